The summed E-state index contributed by atoms with van der Waals surface area (Å²) in [5.41, 5.74) is 10.2. The Morgan fingerprint density at radius 1 is 0.900 bits per heavy atom. The molecule has 0 saturated heterocycles. The van der Waals surface area contributed by atoms with Gasteiger partial charge in [-0.25, -0.2) is 4.98 Å². The number of nitrogens with one attached hydrogen (secondary N) is 2. The monoisotopic (exact) mass is 398 g/mol. The van der Waals surface area contributed by atoms with Crippen molar-refractivity contribution in [3.8, 4) is 11.1 Å². The van der Waals surface area contributed by atoms with E-state index < -0.39 is 11.8 Å². The Kier molecular flexibility index (Phi) is 5.04. The minimum absolute atomic E-state index is 0.247. The highest BCUT2D eigenvalue weighted by Gasteiger charge is 2.15. The number of aromatic nitrogens is 3. The van der Waals surface area contributed by atoms with E-state index in [0.29, 0.717) is 11.4 Å². The lowest BCUT2D eigenvalue weighted by Gasteiger charge is -2.11. The average Bonchev–Trinajstić information content (AvgIpc) is 2.74. The van der Waals surface area contributed by atoms with Gasteiger partial charge in [0, 0.05) is 53.3 Å². The Morgan fingerprint density at radius 3 is 2.40 bits per heavy atom. The van der Waals surface area contributed by atoms with Crippen LogP contribution in [0.3, 0.4) is 0 Å². The molecule has 0 spiro atoms. The summed E-state index contributed by atoms with van der Waals surface area (Å²) >= 11 is 0. The number of amides is 2. The summed E-state index contributed by atoms with van der Waals surface area (Å²) in [6, 6.07) is 10.6. The number of carbonyl (C=O) groups excluding carboxylic acids is 2. The Balaban J connectivity index is 1.60. The van der Waals surface area contributed by atoms with Gasteiger partial charge in [-0.1, -0.05) is 0 Å². The second kappa shape index (κ2) is 7.96. The number of aryl methyl sites for hydroxylation is 1. The fourth-order valence-electron chi connectivity index (χ4n) is 3.07. The molecule has 0 atom stereocenters. The van der Waals surface area contributed by atoms with Crippen LogP contribution in [0.1, 0.15) is 5.56 Å². The summed E-state index contributed by atoms with van der Waals surface area (Å²) in [7, 11) is 0. The zero-order valence-corrected chi connectivity index (χ0v) is 16.1. The third-order valence-corrected chi connectivity index (χ3v) is 4.61. The number of benzene rings is 1. The van der Waals surface area contributed by atoms with E-state index in [2.05, 4.69) is 25.6 Å². The number of pyridine rings is 3. The standard InChI is InChI=1S/C22H18N6O2/c1-13-2-5-25-11-17(13)14-8-15-10-20(26-12-18(15)19(23)9-14)28-22(30)21(29)27-16-3-6-24-7-4-16/h2-12H,23H2,1H3,(H,24,27,29)(H,26,28,30). The first-order valence-corrected chi connectivity index (χ1v) is 9.14. The van der Waals surface area contributed by atoms with Crippen LogP contribution in [0.2, 0.25) is 0 Å². The SMILES string of the molecule is Cc1ccncc1-c1cc(N)c2cnc(NC(=O)C(=O)Nc3ccncc3)cc2c1. The van der Waals surface area contributed by atoms with E-state index in [0.717, 1.165) is 27.5 Å². The quantitative estimate of drug-likeness (QED) is 0.360. The second-order valence-corrected chi connectivity index (χ2v) is 6.69. The molecule has 4 N–H and O–H groups in total. The topological polar surface area (TPSA) is 123 Å². The lowest BCUT2D eigenvalue weighted by molar-refractivity contribution is -0.133. The van der Waals surface area contributed by atoms with Gasteiger partial charge in [-0.2, -0.15) is 0 Å². The zero-order chi connectivity index (χ0) is 21.1. The molecule has 1 aromatic carbocycles. The Bertz CT molecular complexity index is 1260. The first-order valence-electron chi connectivity index (χ1n) is 9.14. The number of nitrogens with two attached hydrogens (primary N) is 1. The number of hydrogen-bond acceptors (Lipinski definition) is 6. The highest BCUT2D eigenvalue weighted by atomic mass is 16.2. The molecule has 0 bridgehead atoms. The van der Waals surface area contributed by atoms with Crippen LogP contribution < -0.4 is 16.4 Å². The predicted octanol–water partition coefficient (Wildman–Crippen LogP) is 3.16. The van der Waals surface area contributed by atoms with Gasteiger partial charge in [-0.3, -0.25) is 19.6 Å². The predicted molar refractivity (Wildman–Crippen MR) is 116 cm³/mol. The summed E-state index contributed by atoms with van der Waals surface area (Å²) in [6.45, 7) is 2.00. The maximum atomic E-state index is 12.2. The molecule has 4 aromatic rings. The fraction of sp³-hybridized carbons (Fsp3) is 0.0455. The number of carbonyl (C=O) groups is 2. The van der Waals surface area contributed by atoms with Gasteiger partial charge >= 0.3 is 11.8 Å². The third kappa shape index (κ3) is 3.93. The van der Waals surface area contributed by atoms with Crippen LogP contribution >= 0.6 is 0 Å². The smallest absolute Gasteiger partial charge is 0.315 e. The largest absolute Gasteiger partial charge is 0.398 e. The number of nitrogens with zero attached hydrogens (tertiary/aromatic N) is 3. The molecule has 8 nitrogen and oxygen atoms in total. The Hall–Kier alpha value is -4.33. The van der Waals surface area contributed by atoms with Crippen LogP contribution in [0.25, 0.3) is 21.9 Å². The van der Waals surface area contributed by atoms with Crippen molar-refractivity contribution in [1.82, 2.24) is 15.0 Å². The lowest BCUT2D eigenvalue weighted by Crippen LogP contribution is -2.29. The van der Waals surface area contributed by atoms with Gasteiger partial charge in [0.25, 0.3) is 0 Å². The van der Waals surface area contributed by atoms with Gasteiger partial charge < -0.3 is 16.4 Å². The summed E-state index contributed by atoms with van der Waals surface area (Å²) in [5.74, 6) is -1.38. The van der Waals surface area contributed by atoms with Crippen LogP contribution in [-0.2, 0) is 9.59 Å². The molecule has 2 amide bonds. The van der Waals surface area contributed by atoms with Crippen LogP contribution in [0.4, 0.5) is 17.2 Å². The molecule has 0 unspecified atom stereocenters. The maximum Gasteiger partial charge on any atom is 0.315 e. The molecule has 30 heavy (non-hydrogen) atoms. The summed E-state index contributed by atoms with van der Waals surface area (Å²) in [6.07, 6.45) is 8.12. The normalized spacial score (nSPS) is 10.6. The molecular formula is C22H18N6O2. The molecule has 0 saturated carbocycles. The molecule has 0 aliphatic heterocycles. The van der Waals surface area contributed by atoms with E-state index in [1.165, 1.54) is 12.4 Å². The van der Waals surface area contributed by atoms with Crippen molar-refractivity contribution in [2.75, 3.05) is 16.4 Å². The van der Waals surface area contributed by atoms with Gasteiger partial charge in [-0.05, 0) is 59.8 Å². The maximum absolute atomic E-state index is 12.2. The molecule has 148 valence electrons. The van der Waals surface area contributed by atoms with Crippen molar-refractivity contribution < 1.29 is 9.59 Å². The van der Waals surface area contributed by atoms with Crippen LogP contribution in [0, 0.1) is 6.92 Å². The molecule has 4 rings (SSSR count). The Morgan fingerprint density at radius 2 is 1.63 bits per heavy atom. The fourth-order valence-corrected chi connectivity index (χ4v) is 3.07. The van der Waals surface area contributed by atoms with E-state index in [-0.39, 0.29) is 5.82 Å². The van der Waals surface area contributed by atoms with Gasteiger partial charge in [0.15, 0.2) is 0 Å². The first kappa shape index (κ1) is 19.0. The van der Waals surface area contributed by atoms with Crippen molar-refractivity contribution in [2.45, 2.75) is 6.92 Å². The van der Waals surface area contributed by atoms with Crippen molar-refractivity contribution in [3.05, 3.63) is 72.9 Å². The van der Waals surface area contributed by atoms with E-state index in [9.17, 15) is 9.59 Å². The van der Waals surface area contributed by atoms with E-state index >= 15 is 0 Å². The molecule has 8 heteroatoms. The highest BCUT2D eigenvalue weighted by molar-refractivity contribution is 6.43. The van der Waals surface area contributed by atoms with E-state index in [1.54, 1.807) is 36.8 Å². The Labute approximate surface area is 172 Å². The van der Waals surface area contributed by atoms with Crippen molar-refractivity contribution in [2.24, 2.45) is 0 Å². The van der Waals surface area contributed by atoms with Crippen molar-refractivity contribution in [1.29, 1.82) is 0 Å². The second-order valence-electron chi connectivity index (χ2n) is 6.69. The summed E-state index contributed by atoms with van der Waals surface area (Å²) in [5, 5.41) is 6.55. The molecule has 0 aliphatic rings. The molecule has 0 radical (unpaired) electrons. The van der Waals surface area contributed by atoms with Gasteiger partial charge in [0.2, 0.25) is 0 Å². The van der Waals surface area contributed by atoms with Crippen molar-refractivity contribution in [3.63, 3.8) is 0 Å². The summed E-state index contributed by atoms with van der Waals surface area (Å²) in [4.78, 5) is 36.6. The molecule has 0 aliphatic carbocycles. The number of hydrogen-bond donors (Lipinski definition) is 3. The molecule has 3 heterocycles. The third-order valence-electron chi connectivity index (χ3n) is 4.61. The van der Waals surface area contributed by atoms with Crippen LogP contribution in [0.15, 0.2) is 67.4 Å². The molecule has 3 aromatic heterocycles. The first-order chi connectivity index (χ1) is 14.5. The van der Waals surface area contributed by atoms with Crippen LogP contribution in [-0.4, -0.2) is 26.8 Å². The lowest BCUT2D eigenvalue weighted by atomic mass is 9.99. The van der Waals surface area contributed by atoms with E-state index in [4.69, 9.17) is 5.73 Å². The minimum atomic E-state index is -0.828. The minimum Gasteiger partial charge on any atom is -0.398 e. The van der Waals surface area contributed by atoms with Gasteiger partial charge in [0.05, 0.1) is 0 Å². The van der Waals surface area contributed by atoms with Crippen LogP contribution in [0.5, 0.6) is 0 Å². The number of anilines is 3. The summed E-state index contributed by atoms with van der Waals surface area (Å²) < 4.78 is 0. The number of fused-ring (bicyclic) bond motifs is 1. The zero-order valence-electron chi connectivity index (χ0n) is 16.1. The van der Waals surface area contributed by atoms with Gasteiger partial charge in [-0.15, -0.1) is 0 Å². The van der Waals surface area contributed by atoms with Gasteiger partial charge in [0.1, 0.15) is 5.82 Å². The number of nitrogen functional groups attached to an aromatic ring is 1. The molecular weight excluding hydrogens is 380 g/mol. The van der Waals surface area contributed by atoms with E-state index in [1.807, 2.05) is 25.1 Å². The highest BCUT2D eigenvalue weighted by Crippen LogP contribution is 2.31. The van der Waals surface area contributed by atoms with Crippen molar-refractivity contribution >= 4 is 39.8 Å². The number of rotatable bonds is 3. The average molecular weight is 398 g/mol. The molecule has 0 fully saturated rings.